The molecule has 0 spiro atoms. The summed E-state index contributed by atoms with van der Waals surface area (Å²) >= 11 is 0. The fourth-order valence-electron chi connectivity index (χ4n) is 4.24. The van der Waals surface area contributed by atoms with E-state index in [9.17, 15) is 8.42 Å². The van der Waals surface area contributed by atoms with Crippen molar-refractivity contribution in [2.45, 2.75) is 42.9 Å². The molecule has 0 aromatic carbocycles. The molecule has 2 atom stereocenters. The van der Waals surface area contributed by atoms with Gasteiger partial charge in [0.15, 0.2) is 0 Å². The molecule has 0 aliphatic heterocycles. The maximum atomic E-state index is 11.4. The number of thiol groups is 1. The molecule has 4 aliphatic carbocycles. The van der Waals surface area contributed by atoms with Crippen molar-refractivity contribution >= 4 is 10.7 Å². The lowest BCUT2D eigenvalue weighted by Crippen LogP contribution is -2.60. The van der Waals surface area contributed by atoms with Gasteiger partial charge in [-0.2, -0.15) is 0 Å². The Balaban J connectivity index is 2.00. The van der Waals surface area contributed by atoms with Crippen LogP contribution in [0.15, 0.2) is 0 Å². The van der Waals surface area contributed by atoms with E-state index in [4.69, 9.17) is 5.73 Å². The van der Waals surface area contributed by atoms with Gasteiger partial charge in [0.05, 0.1) is 4.75 Å². The predicted molar refractivity (Wildman–Crippen MR) is 54.6 cm³/mol. The molecule has 0 aromatic rings. The molecule has 0 aromatic heterocycles. The summed E-state index contributed by atoms with van der Waals surface area (Å²) < 4.78 is 22.4. The van der Waals surface area contributed by atoms with Gasteiger partial charge in [-0.3, -0.25) is 0 Å². The van der Waals surface area contributed by atoms with Crippen molar-refractivity contribution in [1.29, 1.82) is 0 Å². The Kier molecular flexibility index (Phi) is 1.78. The van der Waals surface area contributed by atoms with Crippen LogP contribution in [0, 0.1) is 17.8 Å². The first kappa shape index (κ1) is 9.16. The standard InChI is InChI=1S/C10H17NO2S/c11-9-7-1-6-2-8(9)5-10(3-6,4-7)14(12)13/h6-9,14H,1-5,11H2. The number of hydrogen-bond donors (Lipinski definition) is 2. The van der Waals surface area contributed by atoms with Crippen molar-refractivity contribution in [3.05, 3.63) is 0 Å². The van der Waals surface area contributed by atoms with E-state index in [2.05, 4.69) is 0 Å². The first-order chi connectivity index (χ1) is 6.61. The van der Waals surface area contributed by atoms with Crippen LogP contribution in [0.4, 0.5) is 0 Å². The highest BCUT2D eigenvalue weighted by atomic mass is 32.2. The van der Waals surface area contributed by atoms with Crippen LogP contribution < -0.4 is 5.73 Å². The van der Waals surface area contributed by atoms with Gasteiger partial charge in [-0.1, -0.05) is 0 Å². The minimum absolute atomic E-state index is 0.287. The lowest BCUT2D eigenvalue weighted by atomic mass is 9.54. The third-order valence-corrected chi connectivity index (χ3v) is 6.02. The van der Waals surface area contributed by atoms with Gasteiger partial charge >= 0.3 is 0 Å². The van der Waals surface area contributed by atoms with E-state index in [1.54, 1.807) is 0 Å². The van der Waals surface area contributed by atoms with Gasteiger partial charge in [-0.25, -0.2) is 8.42 Å². The summed E-state index contributed by atoms with van der Waals surface area (Å²) in [4.78, 5) is 0. The fourth-order valence-corrected chi connectivity index (χ4v) is 5.42. The van der Waals surface area contributed by atoms with Gasteiger partial charge in [0.25, 0.3) is 0 Å². The van der Waals surface area contributed by atoms with E-state index in [1.165, 1.54) is 12.8 Å². The van der Waals surface area contributed by atoms with E-state index in [1.807, 2.05) is 0 Å². The van der Waals surface area contributed by atoms with Crippen molar-refractivity contribution in [3.63, 3.8) is 0 Å². The highest BCUT2D eigenvalue weighted by Gasteiger charge is 2.56. The molecule has 4 aliphatic rings. The minimum Gasteiger partial charge on any atom is -0.327 e. The molecule has 80 valence electrons. The van der Waals surface area contributed by atoms with Gasteiger partial charge < -0.3 is 5.73 Å². The SMILES string of the molecule is NC1C2CC3CC1CC([SH](=O)=O)(C3)C2. The van der Waals surface area contributed by atoms with Crippen LogP contribution in [0.3, 0.4) is 0 Å². The monoisotopic (exact) mass is 215 g/mol. The Labute approximate surface area is 86.0 Å². The molecule has 2 unspecified atom stereocenters. The summed E-state index contributed by atoms with van der Waals surface area (Å²) in [6.07, 6.45) is 4.98. The van der Waals surface area contributed by atoms with E-state index >= 15 is 0 Å². The van der Waals surface area contributed by atoms with Gasteiger partial charge in [0.1, 0.15) is 10.7 Å². The summed E-state index contributed by atoms with van der Waals surface area (Å²) in [7, 11) is -2.25. The van der Waals surface area contributed by atoms with Crippen LogP contribution in [0.2, 0.25) is 0 Å². The lowest BCUT2D eigenvalue weighted by molar-refractivity contribution is 0.0149. The third kappa shape index (κ3) is 1.04. The van der Waals surface area contributed by atoms with Crippen molar-refractivity contribution in [2.24, 2.45) is 23.5 Å². The van der Waals surface area contributed by atoms with Gasteiger partial charge in [-0.15, -0.1) is 0 Å². The lowest BCUT2D eigenvalue weighted by Gasteiger charge is -2.57. The summed E-state index contributed by atoms with van der Waals surface area (Å²) in [5.41, 5.74) is 6.13. The Morgan fingerprint density at radius 1 is 1.07 bits per heavy atom. The zero-order chi connectivity index (χ0) is 9.92. The Bertz CT molecular complexity index is 315. The van der Waals surface area contributed by atoms with E-state index < -0.39 is 10.7 Å². The summed E-state index contributed by atoms with van der Waals surface area (Å²) in [6, 6.07) is 0.287. The van der Waals surface area contributed by atoms with E-state index in [0.717, 1.165) is 19.3 Å². The fraction of sp³-hybridized carbons (Fsp3) is 1.00. The predicted octanol–water partition coefficient (Wildman–Crippen LogP) is 0.504. The molecular formula is C10H17NO2S. The quantitative estimate of drug-likeness (QED) is 0.626. The third-order valence-electron chi connectivity index (χ3n) is 4.70. The maximum Gasteiger partial charge on any atom is 0.145 e. The van der Waals surface area contributed by atoms with Crippen LogP contribution in [-0.2, 0) is 10.7 Å². The molecule has 4 bridgehead atoms. The molecule has 4 heteroatoms. The van der Waals surface area contributed by atoms with Crippen molar-refractivity contribution < 1.29 is 8.42 Å². The number of rotatable bonds is 1. The maximum absolute atomic E-state index is 11.4. The smallest absolute Gasteiger partial charge is 0.145 e. The molecule has 0 radical (unpaired) electrons. The average molecular weight is 215 g/mol. The molecule has 4 fully saturated rings. The summed E-state index contributed by atoms with van der Waals surface area (Å²) in [5.74, 6) is 1.64. The topological polar surface area (TPSA) is 60.2 Å². The highest BCUT2D eigenvalue weighted by molar-refractivity contribution is 7.74. The van der Waals surface area contributed by atoms with E-state index in [0.29, 0.717) is 17.8 Å². The van der Waals surface area contributed by atoms with Crippen molar-refractivity contribution in [3.8, 4) is 0 Å². The second-order valence-corrected chi connectivity index (χ2v) is 6.99. The van der Waals surface area contributed by atoms with Gasteiger partial charge in [-0.05, 0) is 49.9 Å². The largest absolute Gasteiger partial charge is 0.327 e. The first-order valence-electron chi connectivity index (χ1n) is 5.51. The Morgan fingerprint density at radius 2 is 1.64 bits per heavy atom. The van der Waals surface area contributed by atoms with Crippen molar-refractivity contribution in [1.82, 2.24) is 0 Å². The van der Waals surface area contributed by atoms with Crippen LogP contribution >= 0.6 is 0 Å². The van der Waals surface area contributed by atoms with Crippen LogP contribution in [0.25, 0.3) is 0 Å². The van der Waals surface area contributed by atoms with Crippen molar-refractivity contribution in [2.75, 3.05) is 0 Å². The molecule has 0 amide bonds. The van der Waals surface area contributed by atoms with Gasteiger partial charge in [0, 0.05) is 6.04 Å². The zero-order valence-corrected chi connectivity index (χ0v) is 9.08. The average Bonchev–Trinajstić information content (AvgIpc) is 2.12. The molecule has 4 saturated carbocycles. The second-order valence-electron chi connectivity index (χ2n) is 5.53. The zero-order valence-electron chi connectivity index (χ0n) is 8.19. The number of hydrogen-bond acceptors (Lipinski definition) is 3. The van der Waals surface area contributed by atoms with Gasteiger partial charge in [0.2, 0.25) is 0 Å². The Morgan fingerprint density at radius 3 is 2.14 bits per heavy atom. The van der Waals surface area contributed by atoms with Crippen LogP contribution in [0.1, 0.15) is 32.1 Å². The molecular weight excluding hydrogens is 198 g/mol. The molecule has 3 nitrogen and oxygen atoms in total. The molecule has 4 rings (SSSR count). The van der Waals surface area contributed by atoms with E-state index in [-0.39, 0.29) is 10.8 Å². The molecule has 14 heavy (non-hydrogen) atoms. The highest BCUT2D eigenvalue weighted by Crippen LogP contribution is 2.56. The normalized spacial score (nSPS) is 55.6. The minimum atomic E-state index is -2.25. The molecule has 0 heterocycles. The Hall–Kier alpha value is -0.0900. The summed E-state index contributed by atoms with van der Waals surface area (Å²) in [6.45, 7) is 0. The molecule has 0 saturated heterocycles. The van der Waals surface area contributed by atoms with Crippen LogP contribution in [-0.4, -0.2) is 19.2 Å². The summed E-state index contributed by atoms with van der Waals surface area (Å²) in [5, 5.41) is 0. The second kappa shape index (κ2) is 2.73. The number of nitrogens with two attached hydrogens (primary N) is 1. The first-order valence-corrected chi connectivity index (χ1v) is 6.68. The molecule has 2 N–H and O–H groups in total. The van der Waals surface area contributed by atoms with Crippen LogP contribution in [0.5, 0.6) is 0 Å².